The summed E-state index contributed by atoms with van der Waals surface area (Å²) >= 11 is 1.23. The van der Waals surface area contributed by atoms with Gasteiger partial charge in [-0.1, -0.05) is 24.2 Å². The van der Waals surface area contributed by atoms with Gasteiger partial charge in [-0.05, 0) is 49.4 Å². The van der Waals surface area contributed by atoms with Gasteiger partial charge in [0.2, 0.25) is 25.4 Å². The van der Waals surface area contributed by atoms with Crippen molar-refractivity contribution in [2.75, 3.05) is 32.5 Å². The monoisotopic (exact) mass is 610 g/mol. The molecule has 43 heavy (non-hydrogen) atoms. The third kappa shape index (κ3) is 7.16. The predicted molar refractivity (Wildman–Crippen MR) is 158 cm³/mol. The lowest BCUT2D eigenvalue weighted by atomic mass is 10.1. The number of thioether (sulfide) groups is 1. The molecule has 228 valence electrons. The van der Waals surface area contributed by atoms with Crippen molar-refractivity contribution in [1.29, 1.82) is 0 Å². The minimum absolute atomic E-state index is 0.0384. The molecule has 1 aromatic heterocycles. The van der Waals surface area contributed by atoms with Crippen LogP contribution in [0.1, 0.15) is 44.1 Å². The SMILES string of the molecule is O=C(CCCCCn1c(SCC(=O)NCC2CCCO2)nc2cc3c(cc2c1=O)OCO3)NCc1ccc2c(c1)OCO2. The number of aromatic nitrogens is 2. The van der Waals surface area contributed by atoms with Gasteiger partial charge >= 0.3 is 0 Å². The number of carbonyl (C=O) groups is 2. The number of nitrogens with zero attached hydrogens (tertiary/aromatic N) is 2. The van der Waals surface area contributed by atoms with Crippen LogP contribution in [-0.4, -0.2) is 60.0 Å². The molecule has 1 atom stereocenters. The minimum Gasteiger partial charge on any atom is -0.454 e. The molecule has 2 aromatic carbocycles. The number of unbranched alkanes of at least 4 members (excludes halogenated alkanes) is 2. The fourth-order valence-corrected chi connectivity index (χ4v) is 6.04. The molecule has 1 unspecified atom stereocenters. The van der Waals surface area contributed by atoms with Gasteiger partial charge in [0.25, 0.3) is 5.56 Å². The number of hydrogen-bond donors (Lipinski definition) is 2. The molecule has 4 heterocycles. The second-order valence-electron chi connectivity index (χ2n) is 10.6. The molecule has 1 fully saturated rings. The summed E-state index contributed by atoms with van der Waals surface area (Å²) in [7, 11) is 0. The van der Waals surface area contributed by atoms with Gasteiger partial charge in [-0.2, -0.15) is 0 Å². The molecular formula is C30H34N4O8S. The molecule has 1 saturated heterocycles. The normalized spacial score (nSPS) is 16.5. The molecule has 3 aliphatic heterocycles. The van der Waals surface area contributed by atoms with Gasteiger partial charge in [0.05, 0.1) is 22.8 Å². The van der Waals surface area contributed by atoms with Crippen molar-refractivity contribution in [2.45, 2.75) is 62.9 Å². The quantitative estimate of drug-likeness (QED) is 0.169. The van der Waals surface area contributed by atoms with Crippen molar-refractivity contribution in [1.82, 2.24) is 20.2 Å². The molecular weight excluding hydrogens is 576 g/mol. The summed E-state index contributed by atoms with van der Waals surface area (Å²) in [5, 5.41) is 6.75. The Hall–Kier alpha value is -3.97. The number of hydrogen-bond acceptors (Lipinski definition) is 10. The van der Waals surface area contributed by atoms with Crippen LogP contribution >= 0.6 is 11.8 Å². The lowest BCUT2D eigenvalue weighted by Gasteiger charge is -2.14. The zero-order chi connectivity index (χ0) is 29.6. The summed E-state index contributed by atoms with van der Waals surface area (Å²) in [6, 6.07) is 8.98. The summed E-state index contributed by atoms with van der Waals surface area (Å²) in [5.74, 6) is 2.40. The first-order valence-corrected chi connectivity index (χ1v) is 15.5. The van der Waals surface area contributed by atoms with Gasteiger partial charge in [-0.25, -0.2) is 4.98 Å². The molecule has 0 aliphatic carbocycles. The third-order valence-electron chi connectivity index (χ3n) is 7.51. The highest BCUT2D eigenvalue weighted by atomic mass is 32.2. The number of ether oxygens (including phenoxy) is 5. The largest absolute Gasteiger partial charge is 0.454 e. The maximum Gasteiger partial charge on any atom is 0.262 e. The van der Waals surface area contributed by atoms with E-state index in [0.717, 1.165) is 31.4 Å². The van der Waals surface area contributed by atoms with E-state index in [1.807, 2.05) is 18.2 Å². The number of amides is 2. The molecule has 2 N–H and O–H groups in total. The van der Waals surface area contributed by atoms with Crippen molar-refractivity contribution in [3.05, 3.63) is 46.2 Å². The van der Waals surface area contributed by atoms with Gasteiger partial charge in [-0.3, -0.25) is 19.0 Å². The molecule has 3 aromatic rings. The van der Waals surface area contributed by atoms with Crippen molar-refractivity contribution in [3.8, 4) is 23.0 Å². The van der Waals surface area contributed by atoms with E-state index in [9.17, 15) is 14.4 Å². The van der Waals surface area contributed by atoms with Crippen LogP contribution in [0.25, 0.3) is 10.9 Å². The summed E-state index contributed by atoms with van der Waals surface area (Å²) in [6.45, 7) is 2.33. The highest BCUT2D eigenvalue weighted by molar-refractivity contribution is 7.99. The number of fused-ring (bicyclic) bond motifs is 3. The Labute approximate surface area is 252 Å². The highest BCUT2D eigenvalue weighted by Gasteiger charge is 2.21. The molecule has 6 rings (SSSR count). The lowest BCUT2D eigenvalue weighted by Crippen LogP contribution is -2.33. The third-order valence-corrected chi connectivity index (χ3v) is 8.49. The zero-order valence-corrected chi connectivity index (χ0v) is 24.5. The van der Waals surface area contributed by atoms with E-state index in [1.54, 1.807) is 16.7 Å². The van der Waals surface area contributed by atoms with E-state index in [2.05, 4.69) is 10.6 Å². The predicted octanol–water partition coefficient (Wildman–Crippen LogP) is 3.12. The van der Waals surface area contributed by atoms with E-state index < -0.39 is 0 Å². The Kier molecular flexibility index (Phi) is 9.18. The first-order valence-electron chi connectivity index (χ1n) is 14.5. The van der Waals surface area contributed by atoms with Crippen LogP contribution in [0.15, 0.2) is 40.3 Å². The van der Waals surface area contributed by atoms with Crippen LogP contribution in [-0.2, 0) is 27.4 Å². The van der Waals surface area contributed by atoms with Crippen molar-refractivity contribution in [3.63, 3.8) is 0 Å². The average molecular weight is 611 g/mol. The Bertz CT molecular complexity index is 1560. The first kappa shape index (κ1) is 29.1. The molecule has 0 bridgehead atoms. The van der Waals surface area contributed by atoms with Crippen LogP contribution < -0.4 is 35.1 Å². The molecule has 0 saturated carbocycles. The van der Waals surface area contributed by atoms with E-state index in [-0.39, 0.29) is 42.8 Å². The fourth-order valence-electron chi connectivity index (χ4n) is 5.18. The average Bonchev–Trinajstić information content (AvgIpc) is 3.80. The number of benzene rings is 2. The van der Waals surface area contributed by atoms with Crippen molar-refractivity contribution in [2.24, 2.45) is 0 Å². The molecule has 12 nitrogen and oxygen atoms in total. The fraction of sp³-hybridized carbons (Fsp3) is 0.467. The Morgan fingerprint density at radius 1 is 0.930 bits per heavy atom. The molecule has 0 radical (unpaired) electrons. The van der Waals surface area contributed by atoms with E-state index >= 15 is 0 Å². The number of rotatable bonds is 13. The lowest BCUT2D eigenvalue weighted by molar-refractivity contribution is -0.121. The molecule has 2 amide bonds. The summed E-state index contributed by atoms with van der Waals surface area (Å²) in [4.78, 5) is 43.3. The smallest absolute Gasteiger partial charge is 0.262 e. The molecule has 0 spiro atoms. The topological polar surface area (TPSA) is 139 Å². The Morgan fingerprint density at radius 3 is 2.53 bits per heavy atom. The second-order valence-corrected chi connectivity index (χ2v) is 11.5. The zero-order valence-electron chi connectivity index (χ0n) is 23.7. The van der Waals surface area contributed by atoms with E-state index in [1.165, 1.54) is 11.8 Å². The van der Waals surface area contributed by atoms with Crippen LogP contribution in [0.2, 0.25) is 0 Å². The van der Waals surface area contributed by atoms with Gasteiger partial charge in [0.1, 0.15) is 0 Å². The van der Waals surface area contributed by atoms with E-state index in [0.29, 0.717) is 78.0 Å². The summed E-state index contributed by atoms with van der Waals surface area (Å²) < 4.78 is 28.8. The van der Waals surface area contributed by atoms with Crippen LogP contribution in [0, 0.1) is 0 Å². The second kappa shape index (κ2) is 13.6. The maximum absolute atomic E-state index is 13.6. The van der Waals surface area contributed by atoms with Gasteiger partial charge in [0, 0.05) is 38.7 Å². The summed E-state index contributed by atoms with van der Waals surface area (Å²) in [5.41, 5.74) is 1.23. The Balaban J connectivity index is 1.03. The standard InChI is InChI=1S/C30H34N4O8S/c35-27(31-14-19-7-8-23-24(11-19)40-17-39-23)6-2-1-3-9-34-29(37)21-12-25-26(42-18-41-25)13-22(21)33-30(34)43-16-28(36)32-15-20-5-4-10-38-20/h7-8,11-13,20H,1-6,9-10,14-18H2,(H,31,35)(H,32,36). The van der Waals surface area contributed by atoms with Crippen LogP contribution in [0.3, 0.4) is 0 Å². The van der Waals surface area contributed by atoms with Gasteiger partial charge in [0.15, 0.2) is 28.2 Å². The van der Waals surface area contributed by atoms with Crippen LogP contribution in [0.5, 0.6) is 23.0 Å². The highest BCUT2D eigenvalue weighted by Crippen LogP contribution is 2.35. The number of nitrogens with one attached hydrogen (secondary N) is 2. The number of carbonyl (C=O) groups excluding carboxylic acids is 2. The van der Waals surface area contributed by atoms with Crippen molar-refractivity contribution < 1.29 is 33.3 Å². The maximum atomic E-state index is 13.6. The van der Waals surface area contributed by atoms with E-state index in [4.69, 9.17) is 28.7 Å². The first-order chi connectivity index (χ1) is 21.0. The van der Waals surface area contributed by atoms with Crippen LogP contribution in [0.4, 0.5) is 0 Å². The molecule has 13 heteroatoms. The van der Waals surface area contributed by atoms with Gasteiger partial charge in [-0.15, -0.1) is 0 Å². The van der Waals surface area contributed by atoms with Crippen molar-refractivity contribution >= 4 is 34.5 Å². The Morgan fingerprint density at radius 2 is 1.72 bits per heavy atom. The minimum atomic E-state index is -0.202. The summed E-state index contributed by atoms with van der Waals surface area (Å²) in [6.07, 6.45) is 4.48. The molecule has 3 aliphatic rings. The van der Waals surface area contributed by atoms with Gasteiger partial charge < -0.3 is 34.3 Å².